The number of nitrogens with two attached hydrogens (primary N) is 2. The number of carbonyl (C=O) groups excluding carboxylic acids is 3. The number of hydrogen-bond acceptors (Lipinski definition) is 6. The monoisotopic (exact) mass is 295 g/mol. The molecule has 0 heterocycles. The lowest BCUT2D eigenvalue weighted by molar-refractivity contribution is -0.129. The summed E-state index contributed by atoms with van der Waals surface area (Å²) in [6.07, 6.45) is 0. The molecule has 0 aliphatic rings. The summed E-state index contributed by atoms with van der Waals surface area (Å²) in [5.41, 5.74) is 10.5. The van der Waals surface area contributed by atoms with Crippen molar-refractivity contribution in [2.45, 2.75) is 6.04 Å². The van der Waals surface area contributed by atoms with Gasteiger partial charge in [0.15, 0.2) is 6.04 Å². The SMILES string of the molecule is COC(=O)c1ccc(OCCNC(=O)C(N)C(N)=O)cc1. The molecule has 0 bridgehead atoms. The Morgan fingerprint density at radius 1 is 1.24 bits per heavy atom. The van der Waals surface area contributed by atoms with E-state index >= 15 is 0 Å². The largest absolute Gasteiger partial charge is 0.492 e. The van der Waals surface area contributed by atoms with E-state index < -0.39 is 23.8 Å². The first kappa shape index (κ1) is 16.4. The molecule has 0 fully saturated rings. The van der Waals surface area contributed by atoms with Crippen molar-refractivity contribution in [3.8, 4) is 5.75 Å². The first-order valence-corrected chi connectivity index (χ1v) is 6.09. The zero-order valence-electron chi connectivity index (χ0n) is 11.5. The molecule has 0 saturated carbocycles. The molecule has 8 nitrogen and oxygen atoms in total. The van der Waals surface area contributed by atoms with Crippen molar-refractivity contribution in [2.75, 3.05) is 20.3 Å². The third kappa shape index (κ3) is 5.11. The highest BCUT2D eigenvalue weighted by molar-refractivity contribution is 6.03. The van der Waals surface area contributed by atoms with E-state index in [9.17, 15) is 14.4 Å². The maximum absolute atomic E-state index is 11.3. The average molecular weight is 295 g/mol. The van der Waals surface area contributed by atoms with Crippen LogP contribution in [0.1, 0.15) is 10.4 Å². The molecule has 1 atom stereocenters. The summed E-state index contributed by atoms with van der Waals surface area (Å²) in [6.45, 7) is 0.341. The number of nitrogens with one attached hydrogen (secondary N) is 1. The molecule has 1 aromatic carbocycles. The molecule has 5 N–H and O–H groups in total. The van der Waals surface area contributed by atoms with Crippen LogP contribution < -0.4 is 21.5 Å². The summed E-state index contributed by atoms with van der Waals surface area (Å²) in [7, 11) is 1.30. The number of hydrogen-bond donors (Lipinski definition) is 3. The summed E-state index contributed by atoms with van der Waals surface area (Å²) >= 11 is 0. The number of amides is 2. The fourth-order valence-corrected chi connectivity index (χ4v) is 1.39. The lowest BCUT2D eigenvalue weighted by Gasteiger charge is -2.10. The van der Waals surface area contributed by atoms with Crippen LogP contribution in [-0.2, 0) is 14.3 Å². The Balaban J connectivity index is 2.35. The van der Waals surface area contributed by atoms with Gasteiger partial charge < -0.3 is 26.3 Å². The molecule has 0 aromatic heterocycles. The molecule has 2 amide bonds. The average Bonchev–Trinajstić information content (AvgIpc) is 2.50. The number of ether oxygens (including phenoxy) is 2. The van der Waals surface area contributed by atoms with Gasteiger partial charge in [-0.25, -0.2) is 4.79 Å². The first-order valence-electron chi connectivity index (χ1n) is 6.09. The van der Waals surface area contributed by atoms with Crippen molar-refractivity contribution < 1.29 is 23.9 Å². The summed E-state index contributed by atoms with van der Waals surface area (Å²) in [5, 5.41) is 2.41. The van der Waals surface area contributed by atoms with Crippen LogP contribution in [0.15, 0.2) is 24.3 Å². The minimum Gasteiger partial charge on any atom is -0.492 e. The van der Waals surface area contributed by atoms with Crippen molar-refractivity contribution in [2.24, 2.45) is 11.5 Å². The van der Waals surface area contributed by atoms with Gasteiger partial charge in [-0.15, -0.1) is 0 Å². The molecular weight excluding hydrogens is 278 g/mol. The third-order valence-corrected chi connectivity index (χ3v) is 2.53. The van der Waals surface area contributed by atoms with E-state index in [4.69, 9.17) is 16.2 Å². The van der Waals surface area contributed by atoms with E-state index in [1.165, 1.54) is 7.11 Å². The Labute approximate surface area is 121 Å². The van der Waals surface area contributed by atoms with Crippen LogP contribution in [0, 0.1) is 0 Å². The Morgan fingerprint density at radius 3 is 2.38 bits per heavy atom. The molecule has 1 aromatic rings. The molecule has 0 saturated heterocycles. The van der Waals surface area contributed by atoms with Gasteiger partial charge in [0.2, 0.25) is 11.8 Å². The predicted molar refractivity (Wildman–Crippen MR) is 73.5 cm³/mol. The van der Waals surface area contributed by atoms with Gasteiger partial charge in [0.1, 0.15) is 12.4 Å². The van der Waals surface area contributed by atoms with E-state index in [1.54, 1.807) is 24.3 Å². The molecule has 1 unspecified atom stereocenters. The number of primary amides is 1. The smallest absolute Gasteiger partial charge is 0.337 e. The van der Waals surface area contributed by atoms with Gasteiger partial charge in [0.25, 0.3) is 0 Å². The highest BCUT2D eigenvalue weighted by Crippen LogP contribution is 2.12. The lowest BCUT2D eigenvalue weighted by Crippen LogP contribution is -2.49. The van der Waals surface area contributed by atoms with E-state index in [0.29, 0.717) is 11.3 Å². The van der Waals surface area contributed by atoms with Crippen molar-refractivity contribution in [1.82, 2.24) is 5.32 Å². The minimum atomic E-state index is -1.37. The number of esters is 1. The molecular formula is C13H17N3O5. The number of rotatable bonds is 7. The molecule has 0 aliphatic heterocycles. The fourth-order valence-electron chi connectivity index (χ4n) is 1.39. The van der Waals surface area contributed by atoms with E-state index in [-0.39, 0.29) is 13.2 Å². The van der Waals surface area contributed by atoms with Crippen molar-refractivity contribution in [3.05, 3.63) is 29.8 Å². The van der Waals surface area contributed by atoms with Crippen LogP contribution >= 0.6 is 0 Å². The van der Waals surface area contributed by atoms with Crippen molar-refractivity contribution in [1.29, 1.82) is 0 Å². The van der Waals surface area contributed by atoms with Gasteiger partial charge in [-0.1, -0.05) is 0 Å². The summed E-state index contributed by atoms with van der Waals surface area (Å²) in [5.74, 6) is -1.47. The second-order valence-corrected chi connectivity index (χ2v) is 4.04. The summed E-state index contributed by atoms with van der Waals surface area (Å²) in [6, 6.07) is 4.95. The van der Waals surface area contributed by atoms with Crippen molar-refractivity contribution in [3.63, 3.8) is 0 Å². The highest BCUT2D eigenvalue weighted by Gasteiger charge is 2.18. The van der Waals surface area contributed by atoms with Crippen LogP contribution in [0.4, 0.5) is 0 Å². The maximum Gasteiger partial charge on any atom is 0.337 e. The van der Waals surface area contributed by atoms with Crippen molar-refractivity contribution >= 4 is 17.8 Å². The number of benzene rings is 1. The highest BCUT2D eigenvalue weighted by atomic mass is 16.5. The maximum atomic E-state index is 11.3. The normalized spacial score (nSPS) is 11.3. The molecule has 1 rings (SSSR count). The second-order valence-electron chi connectivity index (χ2n) is 4.04. The molecule has 0 spiro atoms. The lowest BCUT2D eigenvalue weighted by atomic mass is 10.2. The van der Waals surface area contributed by atoms with Gasteiger partial charge in [0, 0.05) is 0 Å². The topological polar surface area (TPSA) is 134 Å². The summed E-state index contributed by atoms with van der Waals surface area (Å²) < 4.78 is 9.91. The number of methoxy groups -OCH3 is 1. The number of carbonyl (C=O) groups is 3. The van der Waals surface area contributed by atoms with Crippen LogP contribution in [0.25, 0.3) is 0 Å². The van der Waals surface area contributed by atoms with Gasteiger partial charge in [-0.3, -0.25) is 9.59 Å². The summed E-state index contributed by atoms with van der Waals surface area (Å²) in [4.78, 5) is 33.2. The molecule has 21 heavy (non-hydrogen) atoms. The minimum absolute atomic E-state index is 0.165. The van der Waals surface area contributed by atoms with Gasteiger partial charge in [-0.05, 0) is 24.3 Å². The Kier molecular flexibility index (Phi) is 6.15. The Morgan fingerprint density at radius 2 is 1.86 bits per heavy atom. The zero-order valence-corrected chi connectivity index (χ0v) is 11.5. The van der Waals surface area contributed by atoms with Crippen LogP contribution in [0.2, 0.25) is 0 Å². The van der Waals surface area contributed by atoms with Crippen LogP contribution in [0.3, 0.4) is 0 Å². The standard InChI is InChI=1S/C13H17N3O5/c1-20-13(19)8-2-4-9(5-3-8)21-7-6-16-12(18)10(14)11(15)17/h2-5,10H,6-7,14H2,1H3,(H2,15,17)(H,16,18). The van der Waals surface area contributed by atoms with E-state index in [0.717, 1.165) is 0 Å². The molecule has 8 heteroatoms. The first-order chi connectivity index (χ1) is 9.95. The Bertz CT molecular complexity index is 515. The van der Waals surface area contributed by atoms with E-state index in [1.807, 2.05) is 0 Å². The van der Waals surface area contributed by atoms with Crippen LogP contribution in [-0.4, -0.2) is 44.1 Å². The quantitative estimate of drug-likeness (QED) is 0.328. The third-order valence-electron chi connectivity index (χ3n) is 2.53. The predicted octanol–water partition coefficient (Wildman–Crippen LogP) is -1.22. The molecule has 0 aliphatic carbocycles. The van der Waals surface area contributed by atoms with E-state index in [2.05, 4.69) is 10.1 Å². The van der Waals surface area contributed by atoms with Gasteiger partial charge in [0.05, 0.1) is 19.2 Å². The second kappa shape index (κ2) is 7.85. The van der Waals surface area contributed by atoms with Gasteiger partial charge >= 0.3 is 5.97 Å². The fraction of sp³-hybridized carbons (Fsp3) is 0.308. The zero-order chi connectivity index (χ0) is 15.8. The molecule has 114 valence electrons. The van der Waals surface area contributed by atoms with Crippen LogP contribution in [0.5, 0.6) is 5.75 Å². The Hall–Kier alpha value is -2.61. The molecule has 0 radical (unpaired) electrons. The van der Waals surface area contributed by atoms with Gasteiger partial charge in [-0.2, -0.15) is 0 Å².